The molecular formula is C14H20N2O4. The van der Waals surface area contributed by atoms with E-state index in [1.54, 1.807) is 0 Å². The van der Waals surface area contributed by atoms with Gasteiger partial charge in [0, 0.05) is 37.4 Å². The molecule has 0 aromatic carbocycles. The van der Waals surface area contributed by atoms with Crippen LogP contribution in [0.25, 0.3) is 0 Å². The molecule has 0 radical (unpaired) electrons. The van der Waals surface area contributed by atoms with Gasteiger partial charge in [-0.15, -0.1) is 0 Å². The van der Waals surface area contributed by atoms with Gasteiger partial charge < -0.3 is 0 Å². The van der Waals surface area contributed by atoms with E-state index in [1.807, 2.05) is 27.7 Å². The molecule has 0 unspecified atom stereocenters. The van der Waals surface area contributed by atoms with Crippen LogP contribution in [0.5, 0.6) is 0 Å². The van der Waals surface area contributed by atoms with Crippen LogP contribution in [0.2, 0.25) is 0 Å². The maximum atomic E-state index is 11.2. The van der Waals surface area contributed by atoms with Crippen LogP contribution in [0, 0.1) is 0 Å². The Kier molecular flexibility index (Phi) is 7.81. The predicted octanol–water partition coefficient (Wildman–Crippen LogP) is 0.889. The zero-order valence-electron chi connectivity index (χ0n) is 12.3. The highest BCUT2D eigenvalue weighted by atomic mass is 16.2. The Morgan fingerprint density at radius 2 is 0.800 bits per heavy atom. The smallest absolute Gasteiger partial charge is 0.253 e. The summed E-state index contributed by atoms with van der Waals surface area (Å²) in [4.78, 5) is 46.6. The summed E-state index contributed by atoms with van der Waals surface area (Å²) in [6.07, 6.45) is 4.64. The Morgan fingerprint density at radius 3 is 1.00 bits per heavy atom. The highest BCUT2D eigenvalue weighted by Crippen LogP contribution is 2.07. The molecule has 6 nitrogen and oxygen atoms in total. The van der Waals surface area contributed by atoms with Gasteiger partial charge in [0.2, 0.25) is 0 Å². The average molecular weight is 280 g/mol. The first-order chi connectivity index (χ1) is 9.59. The monoisotopic (exact) mass is 280 g/mol. The number of rotatable bonds is 3. The molecule has 20 heavy (non-hydrogen) atoms. The van der Waals surface area contributed by atoms with Gasteiger partial charge >= 0.3 is 0 Å². The van der Waals surface area contributed by atoms with Gasteiger partial charge in [0.15, 0.2) is 0 Å². The molecule has 2 rings (SSSR count). The standard InChI is InChI=1S/C10H8N2O4.2C2H6/c13-7-1-2-8(14)11(7)5-6-12-9(15)3-4-10(12)16;2*1-2/h1-4H,5-6H2;2*1-2H3. The lowest BCUT2D eigenvalue weighted by Gasteiger charge is -2.18. The van der Waals surface area contributed by atoms with Crippen LogP contribution in [0.1, 0.15) is 27.7 Å². The Hall–Kier alpha value is -2.24. The first-order valence-electron chi connectivity index (χ1n) is 6.66. The molecule has 0 saturated heterocycles. The lowest BCUT2D eigenvalue weighted by atomic mass is 10.4. The molecule has 2 aliphatic rings. The van der Waals surface area contributed by atoms with Gasteiger partial charge in [0.05, 0.1) is 0 Å². The van der Waals surface area contributed by atoms with Gasteiger partial charge in [0.1, 0.15) is 0 Å². The maximum absolute atomic E-state index is 11.2. The third-order valence-electron chi connectivity index (χ3n) is 2.35. The van der Waals surface area contributed by atoms with Crippen molar-refractivity contribution in [2.24, 2.45) is 0 Å². The molecule has 0 aromatic rings. The number of amides is 4. The van der Waals surface area contributed by atoms with Crippen molar-refractivity contribution in [3.05, 3.63) is 24.3 Å². The molecule has 0 saturated carbocycles. The van der Waals surface area contributed by atoms with Crippen molar-refractivity contribution in [1.82, 2.24) is 9.80 Å². The van der Waals surface area contributed by atoms with Crippen molar-refractivity contribution in [1.29, 1.82) is 0 Å². The second kappa shape index (κ2) is 8.79. The van der Waals surface area contributed by atoms with Gasteiger partial charge in [0.25, 0.3) is 23.6 Å². The number of carbonyl (C=O) groups is 4. The Labute approximate surface area is 118 Å². The zero-order valence-corrected chi connectivity index (χ0v) is 12.3. The van der Waals surface area contributed by atoms with Crippen molar-refractivity contribution in [3.63, 3.8) is 0 Å². The molecule has 2 heterocycles. The number of nitrogens with zero attached hydrogens (tertiary/aromatic N) is 2. The first-order valence-corrected chi connectivity index (χ1v) is 6.66. The molecule has 0 atom stereocenters. The Morgan fingerprint density at radius 1 is 0.600 bits per heavy atom. The number of imide groups is 2. The number of hydrogen-bond donors (Lipinski definition) is 0. The van der Waals surface area contributed by atoms with E-state index in [1.165, 1.54) is 0 Å². The van der Waals surface area contributed by atoms with Gasteiger partial charge in [-0.3, -0.25) is 29.0 Å². The minimum Gasteiger partial charge on any atom is -0.274 e. The van der Waals surface area contributed by atoms with Crippen molar-refractivity contribution in [3.8, 4) is 0 Å². The molecule has 6 heteroatoms. The predicted molar refractivity (Wildman–Crippen MR) is 74.4 cm³/mol. The summed E-state index contributed by atoms with van der Waals surface area (Å²) in [6, 6.07) is 0. The van der Waals surface area contributed by atoms with E-state index in [9.17, 15) is 19.2 Å². The second-order valence-electron chi connectivity index (χ2n) is 3.32. The summed E-state index contributed by atoms with van der Waals surface area (Å²) < 4.78 is 0. The quantitative estimate of drug-likeness (QED) is 0.719. The van der Waals surface area contributed by atoms with Gasteiger partial charge in [-0.25, -0.2) is 0 Å². The molecule has 0 aliphatic carbocycles. The van der Waals surface area contributed by atoms with Gasteiger partial charge in [-0.1, -0.05) is 27.7 Å². The van der Waals surface area contributed by atoms with Gasteiger partial charge in [-0.2, -0.15) is 0 Å². The molecular weight excluding hydrogens is 260 g/mol. The lowest BCUT2D eigenvalue weighted by molar-refractivity contribution is -0.142. The summed E-state index contributed by atoms with van der Waals surface area (Å²) in [5.74, 6) is -1.68. The highest BCUT2D eigenvalue weighted by Gasteiger charge is 2.27. The van der Waals surface area contributed by atoms with Gasteiger partial charge in [-0.05, 0) is 0 Å². The number of carbonyl (C=O) groups excluding carboxylic acids is 4. The Bertz CT molecular complexity index is 374. The van der Waals surface area contributed by atoms with Crippen LogP contribution in [-0.4, -0.2) is 46.5 Å². The van der Waals surface area contributed by atoms with Crippen LogP contribution in [-0.2, 0) is 19.2 Å². The van der Waals surface area contributed by atoms with Crippen molar-refractivity contribution in [2.75, 3.05) is 13.1 Å². The van der Waals surface area contributed by atoms with Crippen LogP contribution in [0.4, 0.5) is 0 Å². The topological polar surface area (TPSA) is 74.8 Å². The SMILES string of the molecule is CC.CC.O=C1C=CC(=O)N1CCN1C(=O)C=CC1=O. The van der Waals surface area contributed by atoms with E-state index < -0.39 is 23.6 Å². The summed E-state index contributed by atoms with van der Waals surface area (Å²) in [5.41, 5.74) is 0. The fourth-order valence-electron chi connectivity index (χ4n) is 1.50. The summed E-state index contributed by atoms with van der Waals surface area (Å²) >= 11 is 0. The normalized spacial score (nSPS) is 16.2. The minimum absolute atomic E-state index is 0.0316. The third-order valence-corrected chi connectivity index (χ3v) is 2.35. The molecule has 0 aromatic heterocycles. The highest BCUT2D eigenvalue weighted by molar-refractivity contribution is 6.14. The zero-order chi connectivity index (χ0) is 15.7. The summed E-state index contributed by atoms with van der Waals surface area (Å²) in [7, 11) is 0. The molecule has 110 valence electrons. The fourth-order valence-corrected chi connectivity index (χ4v) is 1.50. The van der Waals surface area contributed by atoms with Crippen LogP contribution >= 0.6 is 0 Å². The second-order valence-corrected chi connectivity index (χ2v) is 3.32. The Balaban J connectivity index is 0.000000829. The van der Waals surface area contributed by atoms with Crippen LogP contribution in [0.3, 0.4) is 0 Å². The molecule has 0 spiro atoms. The third kappa shape index (κ3) is 4.15. The van der Waals surface area contributed by atoms with E-state index >= 15 is 0 Å². The van der Waals surface area contributed by atoms with E-state index in [-0.39, 0.29) is 13.1 Å². The van der Waals surface area contributed by atoms with Crippen LogP contribution < -0.4 is 0 Å². The van der Waals surface area contributed by atoms with Crippen molar-refractivity contribution < 1.29 is 19.2 Å². The molecule has 0 fully saturated rings. The first kappa shape index (κ1) is 17.8. The van der Waals surface area contributed by atoms with Crippen LogP contribution in [0.15, 0.2) is 24.3 Å². The number of hydrogen-bond acceptors (Lipinski definition) is 4. The van der Waals surface area contributed by atoms with E-state index in [2.05, 4.69) is 0 Å². The minimum atomic E-state index is -0.419. The van der Waals surface area contributed by atoms with Crippen molar-refractivity contribution in [2.45, 2.75) is 27.7 Å². The molecule has 0 bridgehead atoms. The maximum Gasteiger partial charge on any atom is 0.253 e. The van der Waals surface area contributed by atoms with E-state index in [0.29, 0.717) is 0 Å². The summed E-state index contributed by atoms with van der Waals surface area (Å²) in [5, 5.41) is 0. The van der Waals surface area contributed by atoms with Crippen molar-refractivity contribution >= 4 is 23.6 Å². The molecule has 0 N–H and O–H groups in total. The molecule has 4 amide bonds. The van der Waals surface area contributed by atoms with E-state index in [0.717, 1.165) is 34.1 Å². The van der Waals surface area contributed by atoms with E-state index in [4.69, 9.17) is 0 Å². The fraction of sp³-hybridized carbons (Fsp3) is 0.429. The molecule has 2 aliphatic heterocycles. The summed E-state index contributed by atoms with van der Waals surface area (Å²) in [6.45, 7) is 8.06. The largest absolute Gasteiger partial charge is 0.274 e. The lowest BCUT2D eigenvalue weighted by Crippen LogP contribution is -2.40. The average Bonchev–Trinajstić information content (AvgIpc) is 2.97.